The van der Waals surface area contributed by atoms with Gasteiger partial charge in [0.1, 0.15) is 0 Å². The Kier molecular flexibility index (Phi) is 6.12. The van der Waals surface area contributed by atoms with E-state index in [1.807, 2.05) is 11.9 Å². The Morgan fingerprint density at radius 3 is 2.57 bits per heavy atom. The summed E-state index contributed by atoms with van der Waals surface area (Å²) in [6.07, 6.45) is 6.54. The van der Waals surface area contributed by atoms with Crippen molar-refractivity contribution in [3.8, 4) is 0 Å². The van der Waals surface area contributed by atoms with Gasteiger partial charge in [-0.1, -0.05) is 25.0 Å². The molecule has 1 aliphatic rings. The van der Waals surface area contributed by atoms with E-state index in [1.165, 1.54) is 16.9 Å². The van der Waals surface area contributed by atoms with Crippen molar-refractivity contribution in [2.45, 2.75) is 37.1 Å². The molecule has 0 bridgehead atoms. The highest BCUT2D eigenvalue weighted by molar-refractivity contribution is 7.98. The van der Waals surface area contributed by atoms with Crippen molar-refractivity contribution in [1.82, 2.24) is 4.90 Å². The van der Waals surface area contributed by atoms with E-state index < -0.39 is 0 Å². The Hall–Kier alpha value is -1.00. The van der Waals surface area contributed by atoms with Crippen LogP contribution in [0.2, 0.25) is 0 Å². The lowest BCUT2D eigenvalue weighted by Gasteiger charge is -2.32. The van der Waals surface area contributed by atoms with E-state index in [9.17, 15) is 4.79 Å². The van der Waals surface area contributed by atoms with Gasteiger partial charge in [0.05, 0.1) is 0 Å². The van der Waals surface area contributed by atoms with Gasteiger partial charge in [0, 0.05) is 24.4 Å². The van der Waals surface area contributed by atoms with Gasteiger partial charge < -0.3 is 10.6 Å². The van der Waals surface area contributed by atoms with E-state index in [1.54, 1.807) is 11.8 Å². The fraction of sp³-hybridized carbons (Fsp3) is 0.588. The maximum Gasteiger partial charge on any atom is 0.226 e. The number of hydrogen-bond acceptors (Lipinski definition) is 3. The van der Waals surface area contributed by atoms with Crippen molar-refractivity contribution in [3.05, 3.63) is 29.8 Å². The first-order valence-electron chi connectivity index (χ1n) is 7.73. The molecule has 1 aromatic rings. The molecule has 0 spiro atoms. The van der Waals surface area contributed by atoms with E-state index in [0.29, 0.717) is 19.0 Å². The van der Waals surface area contributed by atoms with Crippen molar-refractivity contribution in [1.29, 1.82) is 0 Å². The molecule has 1 saturated carbocycles. The molecule has 1 fully saturated rings. The summed E-state index contributed by atoms with van der Waals surface area (Å²) in [6.45, 7) is 1.31. The van der Waals surface area contributed by atoms with Crippen LogP contribution in [0.4, 0.5) is 0 Å². The molecule has 1 amide bonds. The van der Waals surface area contributed by atoms with Gasteiger partial charge in [-0.2, -0.15) is 0 Å². The van der Waals surface area contributed by atoms with Crippen molar-refractivity contribution in [3.63, 3.8) is 0 Å². The van der Waals surface area contributed by atoms with Crippen LogP contribution in [0.15, 0.2) is 29.2 Å². The molecule has 116 valence electrons. The number of rotatable bonds is 5. The molecule has 2 unspecified atom stereocenters. The van der Waals surface area contributed by atoms with Gasteiger partial charge in [0.15, 0.2) is 0 Å². The van der Waals surface area contributed by atoms with Crippen molar-refractivity contribution in [2.24, 2.45) is 17.6 Å². The highest BCUT2D eigenvalue weighted by Gasteiger charge is 2.31. The first-order chi connectivity index (χ1) is 10.2. The molecule has 0 radical (unpaired) electrons. The summed E-state index contributed by atoms with van der Waals surface area (Å²) in [5.74, 6) is 0.755. The smallest absolute Gasteiger partial charge is 0.226 e. The largest absolute Gasteiger partial charge is 0.341 e. The highest BCUT2D eigenvalue weighted by atomic mass is 32.2. The molecule has 0 aromatic heterocycles. The topological polar surface area (TPSA) is 46.3 Å². The van der Waals surface area contributed by atoms with Gasteiger partial charge >= 0.3 is 0 Å². The normalized spacial score (nSPS) is 22.0. The molecule has 1 aliphatic carbocycles. The third-order valence-electron chi connectivity index (χ3n) is 4.48. The summed E-state index contributed by atoms with van der Waals surface area (Å²) in [5, 5.41) is 0. The van der Waals surface area contributed by atoms with Crippen molar-refractivity contribution >= 4 is 17.7 Å². The predicted octanol–water partition coefficient (Wildman–Crippen LogP) is 3.13. The minimum absolute atomic E-state index is 0.124. The fourth-order valence-electron chi connectivity index (χ4n) is 3.18. The molecule has 21 heavy (non-hydrogen) atoms. The summed E-state index contributed by atoms with van der Waals surface area (Å²) < 4.78 is 0. The average Bonchev–Trinajstić information content (AvgIpc) is 2.54. The average molecular weight is 306 g/mol. The number of amides is 1. The van der Waals surface area contributed by atoms with Crippen LogP contribution < -0.4 is 5.73 Å². The minimum atomic E-state index is 0.124. The van der Waals surface area contributed by atoms with Crippen LogP contribution in [0.5, 0.6) is 0 Å². The van der Waals surface area contributed by atoms with E-state index in [2.05, 4.69) is 30.5 Å². The monoisotopic (exact) mass is 306 g/mol. The molecule has 4 heteroatoms. The van der Waals surface area contributed by atoms with Gasteiger partial charge in [0.2, 0.25) is 5.91 Å². The van der Waals surface area contributed by atoms with Gasteiger partial charge in [-0.3, -0.25) is 4.79 Å². The quantitative estimate of drug-likeness (QED) is 0.850. The van der Waals surface area contributed by atoms with E-state index >= 15 is 0 Å². The number of thioether (sulfide) groups is 1. The zero-order chi connectivity index (χ0) is 15.2. The Labute approximate surface area is 132 Å². The van der Waals surface area contributed by atoms with Crippen LogP contribution in [-0.2, 0) is 11.3 Å². The molecular formula is C17H26N2OS. The van der Waals surface area contributed by atoms with Gasteiger partial charge in [0.25, 0.3) is 0 Å². The Morgan fingerprint density at radius 2 is 1.95 bits per heavy atom. The molecule has 3 nitrogen and oxygen atoms in total. The molecule has 0 heterocycles. The standard InChI is InChI=1S/C17H26N2OS/c1-19(12-13-7-9-15(21-2)10-8-13)17(20)16-6-4-3-5-14(16)11-18/h7-10,14,16H,3-6,11-12,18H2,1-2H3. The summed E-state index contributed by atoms with van der Waals surface area (Å²) in [6, 6.07) is 8.44. The molecule has 0 saturated heterocycles. The maximum atomic E-state index is 12.7. The van der Waals surface area contributed by atoms with Crippen LogP contribution in [0.3, 0.4) is 0 Å². The van der Waals surface area contributed by atoms with Crippen LogP contribution in [0.1, 0.15) is 31.2 Å². The Bertz CT molecular complexity index is 460. The van der Waals surface area contributed by atoms with Gasteiger partial charge in [-0.05, 0) is 49.3 Å². The van der Waals surface area contributed by atoms with Crippen molar-refractivity contribution in [2.75, 3.05) is 19.8 Å². The van der Waals surface area contributed by atoms with Crippen LogP contribution in [0.25, 0.3) is 0 Å². The highest BCUT2D eigenvalue weighted by Crippen LogP contribution is 2.31. The van der Waals surface area contributed by atoms with Crippen LogP contribution in [-0.4, -0.2) is 30.7 Å². The molecule has 2 N–H and O–H groups in total. The second-order valence-corrected chi connectivity index (χ2v) is 6.81. The lowest BCUT2D eigenvalue weighted by molar-refractivity contribution is -0.137. The summed E-state index contributed by atoms with van der Waals surface area (Å²) in [4.78, 5) is 15.8. The molecule has 2 rings (SSSR count). The molecular weight excluding hydrogens is 280 g/mol. The number of hydrogen-bond donors (Lipinski definition) is 1. The third kappa shape index (κ3) is 4.24. The van der Waals surface area contributed by atoms with E-state index in [4.69, 9.17) is 5.73 Å². The first kappa shape index (κ1) is 16.4. The molecule has 2 atom stereocenters. The molecule has 1 aromatic carbocycles. The zero-order valence-electron chi connectivity index (χ0n) is 13.0. The maximum absolute atomic E-state index is 12.7. The van der Waals surface area contributed by atoms with Crippen molar-refractivity contribution < 1.29 is 4.79 Å². The Balaban J connectivity index is 1.97. The van der Waals surface area contributed by atoms with Gasteiger partial charge in [-0.15, -0.1) is 11.8 Å². The number of benzene rings is 1. The fourth-order valence-corrected chi connectivity index (χ4v) is 3.59. The second kappa shape index (κ2) is 7.85. The Morgan fingerprint density at radius 1 is 1.29 bits per heavy atom. The van der Waals surface area contributed by atoms with Crippen LogP contribution >= 0.6 is 11.8 Å². The predicted molar refractivity (Wildman–Crippen MR) is 89.2 cm³/mol. The SMILES string of the molecule is CSc1ccc(CN(C)C(=O)C2CCCCC2CN)cc1. The lowest BCUT2D eigenvalue weighted by atomic mass is 9.78. The first-order valence-corrected chi connectivity index (χ1v) is 8.96. The lowest BCUT2D eigenvalue weighted by Crippen LogP contribution is -2.40. The minimum Gasteiger partial charge on any atom is -0.341 e. The zero-order valence-corrected chi connectivity index (χ0v) is 13.9. The third-order valence-corrected chi connectivity index (χ3v) is 5.23. The summed E-state index contributed by atoms with van der Waals surface area (Å²) in [7, 11) is 1.91. The number of carbonyl (C=O) groups excluding carboxylic acids is 1. The summed E-state index contributed by atoms with van der Waals surface area (Å²) in [5.41, 5.74) is 7.03. The second-order valence-electron chi connectivity index (χ2n) is 5.93. The number of nitrogens with two attached hydrogens (primary N) is 1. The number of nitrogens with zero attached hydrogens (tertiary/aromatic N) is 1. The van der Waals surface area contributed by atoms with Crippen LogP contribution in [0, 0.1) is 11.8 Å². The van der Waals surface area contributed by atoms with E-state index in [-0.39, 0.29) is 11.8 Å². The summed E-state index contributed by atoms with van der Waals surface area (Å²) >= 11 is 1.73. The number of carbonyl (C=O) groups is 1. The van der Waals surface area contributed by atoms with E-state index in [0.717, 1.165) is 19.3 Å². The van der Waals surface area contributed by atoms with Gasteiger partial charge in [-0.25, -0.2) is 0 Å². The molecule has 0 aliphatic heterocycles.